The van der Waals surface area contributed by atoms with E-state index in [2.05, 4.69) is 33.9 Å². The molecule has 2 nitrogen and oxygen atoms in total. The van der Waals surface area contributed by atoms with E-state index in [0.717, 1.165) is 29.8 Å². The molecule has 0 N–H and O–H groups in total. The molecule has 17 heavy (non-hydrogen) atoms. The van der Waals surface area contributed by atoms with Crippen LogP contribution in [0.2, 0.25) is 18.1 Å². The molecule has 0 saturated heterocycles. The zero-order chi connectivity index (χ0) is 13.1. The first-order valence-electron chi connectivity index (χ1n) is 5.93. The Balaban J connectivity index is 2.51. The Hall–Kier alpha value is -0.453. The van der Waals surface area contributed by atoms with Gasteiger partial charge in [0, 0.05) is 23.5 Å². The van der Waals surface area contributed by atoms with Crippen LogP contribution in [0.3, 0.4) is 0 Å². The first kappa shape index (κ1) is 14.6. The summed E-state index contributed by atoms with van der Waals surface area (Å²) < 4.78 is 6.10. The van der Waals surface area contributed by atoms with Gasteiger partial charge in [-0.3, -0.25) is 4.79 Å². The highest BCUT2D eigenvalue weighted by Gasteiger charge is 2.36. The lowest BCUT2D eigenvalue weighted by Crippen LogP contribution is -2.41. The van der Waals surface area contributed by atoms with E-state index in [4.69, 9.17) is 4.43 Å². The standard InChI is InChI=1S/C13H22O2SSi/c1-13(2,3)17(4,5)15-8-6-12-11(10-14)7-9-16-12/h7,9-10H,6,8H2,1-5H3. The van der Waals surface area contributed by atoms with E-state index in [1.807, 2.05) is 11.4 Å². The topological polar surface area (TPSA) is 26.3 Å². The minimum atomic E-state index is -1.65. The summed E-state index contributed by atoms with van der Waals surface area (Å²) in [5, 5.41) is 2.21. The van der Waals surface area contributed by atoms with Crippen LogP contribution in [-0.4, -0.2) is 21.2 Å². The number of aldehydes is 1. The lowest BCUT2D eigenvalue weighted by Gasteiger charge is -2.36. The summed E-state index contributed by atoms with van der Waals surface area (Å²) in [5.74, 6) is 0. The molecule has 0 aliphatic carbocycles. The predicted molar refractivity (Wildman–Crippen MR) is 76.6 cm³/mol. The molecule has 0 spiro atoms. The molecule has 1 aromatic heterocycles. The summed E-state index contributed by atoms with van der Waals surface area (Å²) in [6, 6.07) is 1.87. The number of hydrogen-bond acceptors (Lipinski definition) is 3. The van der Waals surface area contributed by atoms with Gasteiger partial charge in [-0.1, -0.05) is 20.8 Å². The molecule has 0 bridgehead atoms. The van der Waals surface area contributed by atoms with Gasteiger partial charge in [-0.25, -0.2) is 0 Å². The number of carbonyl (C=O) groups is 1. The molecule has 0 aromatic carbocycles. The van der Waals surface area contributed by atoms with Crippen LogP contribution in [0.15, 0.2) is 11.4 Å². The van der Waals surface area contributed by atoms with Crippen molar-refractivity contribution in [1.29, 1.82) is 0 Å². The highest BCUT2D eigenvalue weighted by molar-refractivity contribution is 7.10. The zero-order valence-corrected chi connectivity index (χ0v) is 13.2. The van der Waals surface area contributed by atoms with Crippen LogP contribution in [0.1, 0.15) is 36.0 Å². The second-order valence-electron chi connectivity index (χ2n) is 5.78. The molecule has 1 rings (SSSR count). The van der Waals surface area contributed by atoms with Crippen LogP contribution in [0, 0.1) is 0 Å². The van der Waals surface area contributed by atoms with E-state index in [1.165, 1.54) is 0 Å². The molecule has 0 saturated carbocycles. The van der Waals surface area contributed by atoms with Gasteiger partial charge in [0.1, 0.15) is 0 Å². The number of hydrogen-bond donors (Lipinski definition) is 0. The van der Waals surface area contributed by atoms with Gasteiger partial charge in [0.2, 0.25) is 0 Å². The average Bonchev–Trinajstić information content (AvgIpc) is 2.63. The summed E-state index contributed by atoms with van der Waals surface area (Å²) >= 11 is 1.64. The molecule has 0 aliphatic heterocycles. The van der Waals surface area contributed by atoms with Crippen molar-refractivity contribution in [2.75, 3.05) is 6.61 Å². The molecular formula is C13H22O2SSi. The van der Waals surface area contributed by atoms with Gasteiger partial charge in [-0.15, -0.1) is 11.3 Å². The van der Waals surface area contributed by atoms with Crippen LogP contribution in [0.5, 0.6) is 0 Å². The molecule has 0 fully saturated rings. The van der Waals surface area contributed by atoms with Gasteiger partial charge >= 0.3 is 0 Å². The third-order valence-corrected chi connectivity index (χ3v) is 9.04. The maximum Gasteiger partial charge on any atom is 0.191 e. The van der Waals surface area contributed by atoms with Gasteiger partial charge in [0.05, 0.1) is 0 Å². The molecule has 96 valence electrons. The third kappa shape index (κ3) is 3.76. The van der Waals surface area contributed by atoms with Gasteiger partial charge in [-0.05, 0) is 29.6 Å². The van der Waals surface area contributed by atoms with Crippen LogP contribution in [-0.2, 0) is 10.8 Å². The lowest BCUT2D eigenvalue weighted by molar-refractivity contribution is 0.112. The number of carbonyl (C=O) groups excluding carboxylic acids is 1. The van der Waals surface area contributed by atoms with Gasteiger partial charge in [0.25, 0.3) is 0 Å². The van der Waals surface area contributed by atoms with E-state index < -0.39 is 8.32 Å². The van der Waals surface area contributed by atoms with Crippen LogP contribution in [0.4, 0.5) is 0 Å². The molecule has 4 heteroatoms. The van der Waals surface area contributed by atoms with Crippen LogP contribution >= 0.6 is 11.3 Å². The number of thiophene rings is 1. The van der Waals surface area contributed by atoms with Crippen LogP contribution in [0.25, 0.3) is 0 Å². The minimum absolute atomic E-state index is 0.246. The Morgan fingerprint density at radius 2 is 2.06 bits per heavy atom. The second kappa shape index (κ2) is 5.46. The smallest absolute Gasteiger partial charge is 0.191 e. The summed E-state index contributed by atoms with van der Waals surface area (Å²) in [4.78, 5) is 11.9. The normalized spacial score (nSPS) is 12.8. The first-order valence-corrected chi connectivity index (χ1v) is 9.72. The van der Waals surface area contributed by atoms with Crippen molar-refractivity contribution in [2.24, 2.45) is 0 Å². The predicted octanol–water partition coefficient (Wildman–Crippen LogP) is 4.12. The molecule has 0 amide bonds. The molecule has 0 aliphatic rings. The Morgan fingerprint density at radius 1 is 1.41 bits per heavy atom. The Bertz CT molecular complexity index is 377. The van der Waals surface area contributed by atoms with Crippen molar-refractivity contribution < 1.29 is 9.22 Å². The fourth-order valence-corrected chi connectivity index (χ4v) is 3.15. The van der Waals surface area contributed by atoms with E-state index in [0.29, 0.717) is 0 Å². The molecule has 1 heterocycles. The van der Waals surface area contributed by atoms with E-state index >= 15 is 0 Å². The molecular weight excluding hydrogens is 248 g/mol. The van der Waals surface area contributed by atoms with Crippen molar-refractivity contribution >= 4 is 25.9 Å². The molecule has 0 unspecified atom stereocenters. The minimum Gasteiger partial charge on any atom is -0.416 e. The van der Waals surface area contributed by atoms with Crippen molar-refractivity contribution in [3.8, 4) is 0 Å². The summed E-state index contributed by atoms with van der Waals surface area (Å²) in [7, 11) is -1.65. The van der Waals surface area contributed by atoms with E-state index in [9.17, 15) is 4.79 Å². The van der Waals surface area contributed by atoms with Crippen molar-refractivity contribution in [3.05, 3.63) is 21.9 Å². The van der Waals surface area contributed by atoms with Crippen LogP contribution < -0.4 is 0 Å². The SMILES string of the molecule is CC(C)(C)[Si](C)(C)OCCc1sccc1C=O. The summed E-state index contributed by atoms with van der Waals surface area (Å²) in [6.07, 6.45) is 1.77. The van der Waals surface area contributed by atoms with Crippen molar-refractivity contribution in [2.45, 2.75) is 45.3 Å². The fraction of sp³-hybridized carbons (Fsp3) is 0.615. The maximum atomic E-state index is 10.8. The largest absolute Gasteiger partial charge is 0.416 e. The maximum absolute atomic E-state index is 10.8. The van der Waals surface area contributed by atoms with Crippen molar-refractivity contribution in [1.82, 2.24) is 0 Å². The van der Waals surface area contributed by atoms with Gasteiger partial charge < -0.3 is 4.43 Å². The quantitative estimate of drug-likeness (QED) is 0.594. The number of rotatable bonds is 5. The second-order valence-corrected chi connectivity index (χ2v) is 11.6. The Kier molecular flexibility index (Phi) is 4.69. The lowest BCUT2D eigenvalue weighted by atomic mass is 10.2. The summed E-state index contributed by atoms with van der Waals surface area (Å²) in [6.45, 7) is 11.9. The monoisotopic (exact) mass is 270 g/mol. The Labute approximate surface area is 109 Å². The van der Waals surface area contributed by atoms with Crippen molar-refractivity contribution in [3.63, 3.8) is 0 Å². The zero-order valence-electron chi connectivity index (χ0n) is 11.4. The summed E-state index contributed by atoms with van der Waals surface area (Å²) in [5.41, 5.74) is 0.814. The van der Waals surface area contributed by atoms with Gasteiger partial charge in [0.15, 0.2) is 14.6 Å². The highest BCUT2D eigenvalue weighted by Crippen LogP contribution is 2.36. The highest BCUT2D eigenvalue weighted by atomic mass is 32.1. The molecule has 1 aromatic rings. The average molecular weight is 270 g/mol. The molecule has 0 radical (unpaired) electrons. The Morgan fingerprint density at radius 3 is 2.59 bits per heavy atom. The third-order valence-electron chi connectivity index (χ3n) is 3.51. The first-order chi connectivity index (χ1) is 7.78. The van der Waals surface area contributed by atoms with E-state index in [-0.39, 0.29) is 5.04 Å². The fourth-order valence-electron chi connectivity index (χ4n) is 1.27. The van der Waals surface area contributed by atoms with E-state index in [1.54, 1.807) is 11.3 Å². The molecule has 0 atom stereocenters. The van der Waals surface area contributed by atoms with Gasteiger partial charge in [-0.2, -0.15) is 0 Å².